The molecule has 1 aromatic heterocycles. The van der Waals surface area contributed by atoms with Crippen LogP contribution in [0.4, 0.5) is 10.2 Å². The van der Waals surface area contributed by atoms with Crippen LogP contribution in [0, 0.1) is 17.7 Å². The van der Waals surface area contributed by atoms with Gasteiger partial charge in [-0.3, -0.25) is 4.99 Å². The molecule has 1 aliphatic heterocycles. The van der Waals surface area contributed by atoms with Gasteiger partial charge in [-0.1, -0.05) is 12.1 Å². The van der Waals surface area contributed by atoms with Crippen molar-refractivity contribution in [1.82, 2.24) is 15.2 Å². The fourth-order valence-corrected chi connectivity index (χ4v) is 5.21. The van der Waals surface area contributed by atoms with Gasteiger partial charge in [0.1, 0.15) is 11.6 Å². The molecule has 2 aliphatic carbocycles. The van der Waals surface area contributed by atoms with Gasteiger partial charge in [-0.15, -0.1) is 0 Å². The lowest BCUT2D eigenvalue weighted by Crippen LogP contribution is -2.35. The van der Waals surface area contributed by atoms with Gasteiger partial charge in [0.15, 0.2) is 0 Å². The molecule has 0 amide bonds. The Morgan fingerprint density at radius 1 is 1.23 bits per heavy atom. The zero-order valence-electron chi connectivity index (χ0n) is 18.1. The lowest BCUT2D eigenvalue weighted by atomic mass is 9.79. The van der Waals surface area contributed by atoms with Gasteiger partial charge in [-0.05, 0) is 81.5 Å². The van der Waals surface area contributed by atoms with E-state index >= 15 is 0 Å². The van der Waals surface area contributed by atoms with Gasteiger partial charge in [0.25, 0.3) is 0 Å². The summed E-state index contributed by atoms with van der Waals surface area (Å²) in [6.45, 7) is 4.93. The molecule has 2 N–H and O–H groups in total. The Morgan fingerprint density at radius 3 is 2.65 bits per heavy atom. The Labute approximate surface area is 183 Å². The molecule has 0 radical (unpaired) electrons. The maximum Gasteiger partial charge on any atom is 0.141 e. The highest BCUT2D eigenvalue weighted by atomic mass is 19.1. The highest BCUT2D eigenvalue weighted by molar-refractivity contribution is 5.87. The first kappa shape index (κ1) is 20.2. The average Bonchev–Trinajstić information content (AvgIpc) is 3.43. The molecule has 0 spiro atoms. The third kappa shape index (κ3) is 3.85. The smallest absolute Gasteiger partial charge is 0.141 e. The molecule has 2 fully saturated rings. The number of hydrogen-bond donors (Lipinski definition) is 2. The first-order chi connectivity index (χ1) is 15.1. The van der Waals surface area contributed by atoms with Crippen LogP contribution in [0.15, 0.2) is 52.2 Å². The number of nitrogens with zero attached hydrogens (tertiary/aromatic N) is 3. The highest BCUT2D eigenvalue weighted by Gasteiger charge is 2.44. The van der Waals surface area contributed by atoms with Crippen LogP contribution in [0.5, 0.6) is 0 Å². The highest BCUT2D eigenvalue weighted by Crippen LogP contribution is 2.46. The molecule has 0 saturated heterocycles. The van der Waals surface area contributed by atoms with Crippen LogP contribution in [0.25, 0.3) is 5.70 Å². The minimum atomic E-state index is -0.166. The van der Waals surface area contributed by atoms with E-state index in [2.05, 4.69) is 38.0 Å². The maximum absolute atomic E-state index is 13.3. The number of benzene rings is 1. The molecule has 5 nitrogen and oxygen atoms in total. The number of H-pyrrole nitrogens is 1. The van der Waals surface area contributed by atoms with Gasteiger partial charge in [0, 0.05) is 30.3 Å². The van der Waals surface area contributed by atoms with Crippen molar-refractivity contribution in [3.63, 3.8) is 0 Å². The molecular formula is C25H30FN5. The summed E-state index contributed by atoms with van der Waals surface area (Å²) in [5.41, 5.74) is 4.60. The van der Waals surface area contributed by atoms with Crippen LogP contribution >= 0.6 is 0 Å². The molecule has 162 valence electrons. The van der Waals surface area contributed by atoms with E-state index in [1.165, 1.54) is 18.4 Å². The normalized spacial score (nSPS) is 25.8. The summed E-state index contributed by atoms with van der Waals surface area (Å²) in [4.78, 5) is 14.2. The molecule has 0 bridgehead atoms. The first-order valence-electron chi connectivity index (χ1n) is 11.3. The fraction of sp³-hybridized carbons (Fsp3) is 0.440. The lowest BCUT2D eigenvalue weighted by Gasteiger charge is -2.33. The fourth-order valence-electron chi connectivity index (χ4n) is 5.21. The van der Waals surface area contributed by atoms with E-state index in [1.54, 1.807) is 12.1 Å². The molecule has 2 aromatic rings. The second kappa shape index (κ2) is 8.08. The van der Waals surface area contributed by atoms with Crippen LogP contribution in [0.2, 0.25) is 0 Å². The number of aliphatic imine (C=N–C) groups is 2. The SMILES string of the molecule is C=N/C(=C1/c2cc[nH]c2N=CN1C)C1CCC(CNC2(c3ccc(F)cc3)CC2)CC1. The van der Waals surface area contributed by atoms with Gasteiger partial charge in [-0.2, -0.15) is 0 Å². The van der Waals surface area contributed by atoms with Crippen molar-refractivity contribution in [1.29, 1.82) is 0 Å². The molecule has 1 aromatic carbocycles. The zero-order chi connectivity index (χ0) is 21.4. The van der Waals surface area contributed by atoms with Gasteiger partial charge < -0.3 is 15.2 Å². The number of aromatic amines is 1. The van der Waals surface area contributed by atoms with Gasteiger partial charge in [0.05, 0.1) is 17.7 Å². The molecule has 6 heteroatoms. The van der Waals surface area contributed by atoms with E-state index < -0.39 is 0 Å². The third-order valence-electron chi connectivity index (χ3n) is 7.22. The number of fused-ring (bicyclic) bond motifs is 1. The second-order valence-corrected chi connectivity index (χ2v) is 9.17. The van der Waals surface area contributed by atoms with Crippen molar-refractivity contribution in [2.45, 2.75) is 44.1 Å². The Morgan fingerprint density at radius 2 is 1.97 bits per heavy atom. The van der Waals surface area contributed by atoms with E-state index in [4.69, 9.17) is 0 Å². The lowest BCUT2D eigenvalue weighted by molar-refractivity contribution is 0.279. The molecule has 5 rings (SSSR count). The quantitative estimate of drug-likeness (QED) is 0.631. The Bertz CT molecular complexity index is 1010. The molecule has 0 atom stereocenters. The Hall–Kier alpha value is -2.73. The number of allylic oxidation sites excluding steroid dienone is 1. The standard InChI is InChI=1S/C25H30FN5/c1-27-22(23-21-11-14-28-24(21)29-16-31(23)2)18-5-3-17(4-6-18)15-30-25(12-13-25)19-7-9-20(26)10-8-19/h7-11,14,16-18,28,30H,1,3-6,12-13,15H2,2H3/b23-22-. The van der Waals surface area contributed by atoms with E-state index in [-0.39, 0.29) is 11.4 Å². The number of hydrogen-bond acceptors (Lipinski definition) is 4. The predicted molar refractivity (Wildman–Crippen MR) is 124 cm³/mol. The summed E-state index contributed by atoms with van der Waals surface area (Å²) in [5.74, 6) is 1.81. The Kier molecular flexibility index (Phi) is 5.26. The van der Waals surface area contributed by atoms with Crippen molar-refractivity contribution in [2.24, 2.45) is 21.8 Å². The third-order valence-corrected chi connectivity index (χ3v) is 7.22. The number of halogens is 1. The summed E-state index contributed by atoms with van der Waals surface area (Å²) in [7, 11) is 2.03. The van der Waals surface area contributed by atoms with E-state index in [0.717, 1.165) is 55.0 Å². The van der Waals surface area contributed by atoms with Crippen LogP contribution in [-0.4, -0.2) is 36.5 Å². The van der Waals surface area contributed by atoms with E-state index in [0.29, 0.717) is 11.8 Å². The number of nitrogens with one attached hydrogen (secondary N) is 2. The Balaban J connectivity index is 1.23. The summed E-state index contributed by atoms with van der Waals surface area (Å²) >= 11 is 0. The van der Waals surface area contributed by atoms with Crippen LogP contribution in [0.1, 0.15) is 49.7 Å². The summed E-state index contributed by atoms with van der Waals surface area (Å²) in [6, 6.07) is 9.08. The summed E-state index contributed by atoms with van der Waals surface area (Å²) in [5, 5.41) is 3.81. The largest absolute Gasteiger partial charge is 0.346 e. The number of aromatic nitrogens is 1. The maximum atomic E-state index is 13.3. The van der Waals surface area contributed by atoms with Gasteiger partial charge in [-0.25, -0.2) is 9.38 Å². The molecular weight excluding hydrogens is 389 g/mol. The topological polar surface area (TPSA) is 55.8 Å². The summed E-state index contributed by atoms with van der Waals surface area (Å²) < 4.78 is 13.3. The monoisotopic (exact) mass is 419 g/mol. The summed E-state index contributed by atoms with van der Waals surface area (Å²) in [6.07, 6.45) is 10.7. The molecule has 31 heavy (non-hydrogen) atoms. The molecule has 3 aliphatic rings. The average molecular weight is 420 g/mol. The van der Waals surface area contributed by atoms with Crippen molar-refractivity contribution < 1.29 is 4.39 Å². The van der Waals surface area contributed by atoms with Crippen molar-refractivity contribution in [3.8, 4) is 0 Å². The molecule has 2 saturated carbocycles. The minimum absolute atomic E-state index is 0.0647. The first-order valence-corrected chi connectivity index (χ1v) is 11.3. The molecule has 2 heterocycles. The minimum Gasteiger partial charge on any atom is -0.346 e. The van der Waals surface area contributed by atoms with Crippen LogP contribution in [0.3, 0.4) is 0 Å². The van der Waals surface area contributed by atoms with E-state index in [1.807, 2.05) is 31.7 Å². The second-order valence-electron chi connectivity index (χ2n) is 9.17. The van der Waals surface area contributed by atoms with Gasteiger partial charge >= 0.3 is 0 Å². The van der Waals surface area contributed by atoms with Crippen molar-refractivity contribution in [3.05, 3.63) is 59.2 Å². The van der Waals surface area contributed by atoms with Crippen LogP contribution in [-0.2, 0) is 5.54 Å². The van der Waals surface area contributed by atoms with Crippen molar-refractivity contribution >= 4 is 24.6 Å². The van der Waals surface area contributed by atoms with Crippen molar-refractivity contribution in [2.75, 3.05) is 13.6 Å². The van der Waals surface area contributed by atoms with E-state index in [9.17, 15) is 4.39 Å². The number of rotatable bonds is 6. The van der Waals surface area contributed by atoms with Gasteiger partial charge in [0.2, 0.25) is 0 Å². The molecule has 0 unspecified atom stereocenters. The predicted octanol–water partition coefficient (Wildman–Crippen LogP) is 5.21. The zero-order valence-corrected chi connectivity index (χ0v) is 18.1. The van der Waals surface area contributed by atoms with Crippen LogP contribution < -0.4 is 5.32 Å².